The third-order valence-electron chi connectivity index (χ3n) is 4.62. The summed E-state index contributed by atoms with van der Waals surface area (Å²) in [6.07, 6.45) is 3.92. The second-order valence-electron chi connectivity index (χ2n) is 6.11. The molecule has 0 saturated carbocycles. The predicted molar refractivity (Wildman–Crippen MR) is 96.2 cm³/mol. The molecule has 1 aromatic carbocycles. The lowest BCUT2D eigenvalue weighted by Crippen LogP contribution is -2.19. The number of hydrogen-bond donors (Lipinski definition) is 1. The fourth-order valence-corrected chi connectivity index (χ4v) is 3.03. The molecule has 0 fully saturated rings. The minimum absolute atomic E-state index is 0.229. The van der Waals surface area contributed by atoms with Crippen LogP contribution in [-0.4, -0.2) is 19.6 Å². The summed E-state index contributed by atoms with van der Waals surface area (Å²) in [6.45, 7) is 10.2. The lowest BCUT2D eigenvalue weighted by atomic mass is 10.1. The van der Waals surface area contributed by atoms with Gasteiger partial charge in [0.25, 0.3) is 0 Å². The van der Waals surface area contributed by atoms with Crippen LogP contribution in [0.25, 0.3) is 5.69 Å². The van der Waals surface area contributed by atoms with Gasteiger partial charge in [0.2, 0.25) is 0 Å². The number of aryl methyl sites for hydroxylation is 1. The molecule has 2 heterocycles. The fraction of sp³-hybridized carbons (Fsp3) is 0.368. The average molecular weight is 323 g/mol. The maximum Gasteiger partial charge on any atom is 0.0648 e. The lowest BCUT2D eigenvalue weighted by molar-refractivity contribution is 0.568. The van der Waals surface area contributed by atoms with Crippen molar-refractivity contribution in [1.82, 2.24) is 24.9 Å². The van der Waals surface area contributed by atoms with Crippen LogP contribution in [0.15, 0.2) is 42.7 Å². The molecular weight excluding hydrogens is 298 g/mol. The molecule has 0 saturated heterocycles. The van der Waals surface area contributed by atoms with E-state index in [1.54, 1.807) is 0 Å². The maximum atomic E-state index is 4.56. The summed E-state index contributed by atoms with van der Waals surface area (Å²) >= 11 is 0. The zero-order chi connectivity index (χ0) is 17.1. The molecule has 126 valence electrons. The van der Waals surface area contributed by atoms with Crippen molar-refractivity contribution in [3.63, 3.8) is 0 Å². The van der Waals surface area contributed by atoms with Gasteiger partial charge in [-0.05, 0) is 39.8 Å². The van der Waals surface area contributed by atoms with Crippen molar-refractivity contribution in [2.75, 3.05) is 0 Å². The molecule has 0 aliphatic heterocycles. The number of nitrogens with zero attached hydrogens (tertiary/aromatic N) is 4. The number of benzene rings is 1. The largest absolute Gasteiger partial charge is 0.306 e. The van der Waals surface area contributed by atoms with E-state index in [1.165, 1.54) is 22.5 Å². The number of rotatable bonds is 6. The van der Waals surface area contributed by atoms with Crippen LogP contribution in [0.1, 0.15) is 42.4 Å². The average Bonchev–Trinajstić information content (AvgIpc) is 3.16. The highest BCUT2D eigenvalue weighted by atomic mass is 15.3. The highest BCUT2D eigenvalue weighted by molar-refractivity contribution is 5.35. The number of hydrogen-bond acceptors (Lipinski definition) is 3. The van der Waals surface area contributed by atoms with Gasteiger partial charge in [-0.25, -0.2) is 4.68 Å². The van der Waals surface area contributed by atoms with E-state index in [0.29, 0.717) is 0 Å². The van der Waals surface area contributed by atoms with Crippen LogP contribution in [0.4, 0.5) is 0 Å². The van der Waals surface area contributed by atoms with Crippen LogP contribution in [0.5, 0.6) is 0 Å². The summed E-state index contributed by atoms with van der Waals surface area (Å²) in [5.41, 5.74) is 5.96. The molecule has 0 unspecified atom stereocenters. The van der Waals surface area contributed by atoms with Gasteiger partial charge < -0.3 is 5.32 Å². The summed E-state index contributed by atoms with van der Waals surface area (Å²) in [7, 11) is 0. The van der Waals surface area contributed by atoms with Crippen molar-refractivity contribution in [2.45, 2.75) is 46.8 Å². The monoisotopic (exact) mass is 323 g/mol. The summed E-state index contributed by atoms with van der Waals surface area (Å²) in [5, 5.41) is 12.6. The van der Waals surface area contributed by atoms with E-state index in [2.05, 4.69) is 55.3 Å². The highest BCUT2D eigenvalue weighted by Gasteiger charge is 2.15. The molecule has 0 amide bonds. The summed E-state index contributed by atoms with van der Waals surface area (Å²) in [4.78, 5) is 0. The molecule has 3 aromatic rings. The first-order chi connectivity index (χ1) is 11.6. The first-order valence-electron chi connectivity index (χ1n) is 8.46. The topological polar surface area (TPSA) is 47.7 Å². The smallest absolute Gasteiger partial charge is 0.0648 e. The van der Waals surface area contributed by atoms with Crippen LogP contribution in [0.2, 0.25) is 0 Å². The van der Waals surface area contributed by atoms with Gasteiger partial charge in [-0.15, -0.1) is 0 Å². The maximum absolute atomic E-state index is 4.56. The lowest BCUT2D eigenvalue weighted by Gasteiger charge is -2.14. The first kappa shape index (κ1) is 16.5. The van der Waals surface area contributed by atoms with Crippen molar-refractivity contribution in [2.24, 2.45) is 0 Å². The fourth-order valence-electron chi connectivity index (χ4n) is 3.03. The van der Waals surface area contributed by atoms with Gasteiger partial charge in [0.15, 0.2) is 0 Å². The van der Waals surface area contributed by atoms with Gasteiger partial charge in [-0.3, -0.25) is 4.68 Å². The molecule has 1 N–H and O–H groups in total. The van der Waals surface area contributed by atoms with Crippen LogP contribution >= 0.6 is 0 Å². The minimum Gasteiger partial charge on any atom is -0.306 e. The molecule has 0 radical (unpaired) electrons. The Balaban J connectivity index is 1.73. The Morgan fingerprint density at radius 2 is 1.79 bits per heavy atom. The van der Waals surface area contributed by atoms with Crippen LogP contribution in [0.3, 0.4) is 0 Å². The van der Waals surface area contributed by atoms with E-state index < -0.39 is 0 Å². The van der Waals surface area contributed by atoms with Crippen LogP contribution in [0, 0.1) is 13.8 Å². The van der Waals surface area contributed by atoms with Gasteiger partial charge in [0.1, 0.15) is 0 Å². The molecule has 0 bridgehead atoms. The van der Waals surface area contributed by atoms with E-state index in [1.807, 2.05) is 40.0 Å². The van der Waals surface area contributed by atoms with Crippen molar-refractivity contribution in [3.05, 3.63) is 65.2 Å². The molecule has 0 spiro atoms. The molecule has 2 aromatic heterocycles. The normalized spacial score (nSPS) is 12.5. The molecule has 1 atom stereocenters. The highest BCUT2D eigenvalue weighted by Crippen LogP contribution is 2.20. The summed E-state index contributed by atoms with van der Waals surface area (Å²) in [6, 6.07) is 10.5. The molecule has 3 rings (SSSR count). The predicted octanol–water partition coefficient (Wildman–Crippen LogP) is 3.56. The number of para-hydroxylation sites is 1. The van der Waals surface area contributed by atoms with E-state index in [0.717, 1.165) is 18.8 Å². The van der Waals surface area contributed by atoms with E-state index in [9.17, 15) is 0 Å². The Kier molecular flexibility index (Phi) is 4.81. The van der Waals surface area contributed by atoms with Crippen molar-refractivity contribution < 1.29 is 0 Å². The summed E-state index contributed by atoms with van der Waals surface area (Å²) < 4.78 is 4.02. The van der Waals surface area contributed by atoms with Gasteiger partial charge >= 0.3 is 0 Å². The minimum atomic E-state index is 0.229. The zero-order valence-corrected chi connectivity index (χ0v) is 14.8. The molecule has 24 heavy (non-hydrogen) atoms. The third kappa shape index (κ3) is 3.12. The molecular formula is C19H25N5. The number of nitrogens with one attached hydrogen (secondary N) is 1. The summed E-state index contributed by atoms with van der Waals surface area (Å²) in [5.74, 6) is 0. The van der Waals surface area contributed by atoms with Gasteiger partial charge in [-0.2, -0.15) is 10.2 Å². The Morgan fingerprint density at radius 3 is 2.46 bits per heavy atom. The second kappa shape index (κ2) is 7.01. The van der Waals surface area contributed by atoms with Crippen molar-refractivity contribution >= 4 is 0 Å². The van der Waals surface area contributed by atoms with Gasteiger partial charge in [0.05, 0.1) is 18.1 Å². The third-order valence-corrected chi connectivity index (χ3v) is 4.62. The first-order valence-corrected chi connectivity index (χ1v) is 8.46. The Morgan fingerprint density at radius 1 is 1.04 bits per heavy atom. The van der Waals surface area contributed by atoms with E-state index in [-0.39, 0.29) is 6.04 Å². The standard InChI is InChI=1S/C19H25N5/c1-5-23-15(3)17(12-21-23)11-20-14(2)19-13-22-24(16(19)4)18-9-7-6-8-10-18/h6-10,12-14,20H,5,11H2,1-4H3/t14-/m1/s1. The quantitative estimate of drug-likeness (QED) is 0.754. The zero-order valence-electron chi connectivity index (χ0n) is 14.8. The van der Waals surface area contributed by atoms with Crippen molar-refractivity contribution in [3.8, 4) is 5.69 Å². The Labute approximate surface area is 143 Å². The van der Waals surface area contributed by atoms with E-state index >= 15 is 0 Å². The SMILES string of the molecule is CCn1ncc(CN[C@H](C)c2cnn(-c3ccccc3)c2C)c1C. The van der Waals surface area contributed by atoms with Gasteiger partial charge in [-0.1, -0.05) is 18.2 Å². The molecule has 0 aliphatic rings. The van der Waals surface area contributed by atoms with Crippen molar-refractivity contribution in [1.29, 1.82) is 0 Å². The second-order valence-corrected chi connectivity index (χ2v) is 6.11. The van der Waals surface area contributed by atoms with Crippen LogP contribution in [-0.2, 0) is 13.1 Å². The Bertz CT molecular complexity index is 801. The Hall–Kier alpha value is -2.40. The molecule has 0 aliphatic carbocycles. The molecule has 5 heteroatoms. The van der Waals surface area contributed by atoms with E-state index in [4.69, 9.17) is 0 Å². The van der Waals surface area contributed by atoms with Gasteiger partial charge in [0, 0.05) is 41.6 Å². The van der Waals surface area contributed by atoms with Crippen LogP contribution < -0.4 is 5.32 Å². The number of aromatic nitrogens is 4. The molecule has 5 nitrogen and oxygen atoms in total.